The molecule has 0 aliphatic rings. The molecule has 0 saturated carbocycles. The van der Waals surface area contributed by atoms with Crippen LogP contribution >= 0.6 is 0 Å². The van der Waals surface area contributed by atoms with Gasteiger partial charge in [-0.05, 0) is 24.2 Å². The van der Waals surface area contributed by atoms with Crippen molar-refractivity contribution in [2.24, 2.45) is 11.3 Å². The monoisotopic (exact) mass is 224 g/mol. The predicted octanol–water partition coefficient (Wildman–Crippen LogP) is 2.78. The summed E-state index contributed by atoms with van der Waals surface area (Å²) in [5.41, 5.74) is 0.337. The number of imidazole rings is 1. The summed E-state index contributed by atoms with van der Waals surface area (Å²) in [7, 11) is 0. The van der Waals surface area contributed by atoms with Gasteiger partial charge in [0.05, 0.1) is 6.10 Å². The molecule has 0 spiro atoms. The molecular formula is C13H24N2O. The minimum absolute atomic E-state index is 0.288. The summed E-state index contributed by atoms with van der Waals surface area (Å²) in [5, 5.41) is 9.93. The molecule has 3 heteroatoms. The number of hydrogen-bond acceptors (Lipinski definition) is 2. The highest BCUT2D eigenvalue weighted by molar-refractivity contribution is 4.89. The summed E-state index contributed by atoms with van der Waals surface area (Å²) in [4.78, 5) is 7.14. The van der Waals surface area contributed by atoms with Crippen molar-refractivity contribution in [3.05, 3.63) is 18.2 Å². The largest absolute Gasteiger partial charge is 0.393 e. The molecule has 16 heavy (non-hydrogen) atoms. The average molecular weight is 224 g/mol. The molecule has 2 atom stereocenters. The maximum absolute atomic E-state index is 9.93. The van der Waals surface area contributed by atoms with E-state index in [0.29, 0.717) is 17.8 Å². The van der Waals surface area contributed by atoms with Crippen LogP contribution < -0.4 is 0 Å². The third kappa shape index (κ3) is 5.31. The Morgan fingerprint density at radius 2 is 2.12 bits per heavy atom. The van der Waals surface area contributed by atoms with E-state index in [1.54, 1.807) is 12.4 Å². The van der Waals surface area contributed by atoms with E-state index < -0.39 is 0 Å². The zero-order chi connectivity index (χ0) is 12.2. The summed E-state index contributed by atoms with van der Waals surface area (Å²) in [6, 6.07) is 0. The predicted molar refractivity (Wildman–Crippen MR) is 66.2 cm³/mol. The lowest BCUT2D eigenvalue weighted by atomic mass is 9.83. The van der Waals surface area contributed by atoms with E-state index in [4.69, 9.17) is 0 Å². The second kappa shape index (κ2) is 5.48. The number of aliphatic hydroxyl groups excluding tert-OH is 1. The number of hydrogen-bond donors (Lipinski definition) is 2. The first kappa shape index (κ1) is 13.2. The first-order valence-corrected chi connectivity index (χ1v) is 6.03. The van der Waals surface area contributed by atoms with Gasteiger partial charge in [-0.1, -0.05) is 27.7 Å². The first-order chi connectivity index (χ1) is 7.37. The number of H-pyrrole nitrogens is 1. The van der Waals surface area contributed by atoms with Crippen LogP contribution in [0.25, 0.3) is 0 Å². The molecule has 3 nitrogen and oxygen atoms in total. The van der Waals surface area contributed by atoms with Crippen LogP contribution in [0.5, 0.6) is 0 Å². The number of aromatic nitrogens is 2. The van der Waals surface area contributed by atoms with Gasteiger partial charge in [0.1, 0.15) is 5.82 Å². The second-order valence-corrected chi connectivity index (χ2v) is 6.00. The lowest BCUT2D eigenvalue weighted by Gasteiger charge is -2.24. The molecule has 92 valence electrons. The molecule has 0 radical (unpaired) electrons. The third-order valence-corrected chi connectivity index (χ3v) is 2.62. The van der Waals surface area contributed by atoms with Crippen molar-refractivity contribution in [2.45, 2.75) is 53.1 Å². The average Bonchev–Trinajstić information content (AvgIpc) is 2.51. The Bertz CT molecular complexity index is 287. The van der Waals surface area contributed by atoms with E-state index >= 15 is 0 Å². The van der Waals surface area contributed by atoms with Gasteiger partial charge in [0.25, 0.3) is 0 Å². The van der Waals surface area contributed by atoms with Gasteiger partial charge in [0, 0.05) is 18.8 Å². The van der Waals surface area contributed by atoms with Gasteiger partial charge in [0.2, 0.25) is 0 Å². The van der Waals surface area contributed by atoms with Gasteiger partial charge in [-0.15, -0.1) is 0 Å². The molecule has 0 aromatic carbocycles. The summed E-state index contributed by atoms with van der Waals surface area (Å²) in [6.07, 6.45) is 5.84. The van der Waals surface area contributed by atoms with Crippen LogP contribution in [0.15, 0.2) is 12.4 Å². The quantitative estimate of drug-likeness (QED) is 0.808. The summed E-state index contributed by atoms with van der Waals surface area (Å²) in [6.45, 7) is 8.92. The Morgan fingerprint density at radius 1 is 1.44 bits per heavy atom. The van der Waals surface area contributed by atoms with Crippen LogP contribution in [-0.2, 0) is 6.42 Å². The molecule has 1 aromatic heterocycles. The number of aliphatic hydroxyl groups is 1. The van der Waals surface area contributed by atoms with E-state index in [-0.39, 0.29) is 6.10 Å². The fourth-order valence-electron chi connectivity index (χ4n) is 2.31. The summed E-state index contributed by atoms with van der Waals surface area (Å²) < 4.78 is 0. The summed E-state index contributed by atoms with van der Waals surface area (Å²) >= 11 is 0. The number of nitrogens with one attached hydrogen (secondary N) is 1. The normalized spacial score (nSPS) is 16.1. The number of aromatic amines is 1. The van der Waals surface area contributed by atoms with E-state index in [2.05, 4.69) is 37.7 Å². The van der Waals surface area contributed by atoms with Crippen LogP contribution in [0.1, 0.15) is 46.4 Å². The van der Waals surface area contributed by atoms with Crippen LogP contribution in [0.3, 0.4) is 0 Å². The van der Waals surface area contributed by atoms with Gasteiger partial charge >= 0.3 is 0 Å². The molecule has 0 fully saturated rings. The molecule has 1 rings (SSSR count). The Hall–Kier alpha value is -0.830. The zero-order valence-electron chi connectivity index (χ0n) is 10.8. The van der Waals surface area contributed by atoms with Crippen LogP contribution in [0.2, 0.25) is 0 Å². The van der Waals surface area contributed by atoms with Crippen molar-refractivity contribution < 1.29 is 5.11 Å². The zero-order valence-corrected chi connectivity index (χ0v) is 10.8. The van der Waals surface area contributed by atoms with Crippen molar-refractivity contribution >= 4 is 0 Å². The van der Waals surface area contributed by atoms with Crippen molar-refractivity contribution in [3.8, 4) is 0 Å². The van der Waals surface area contributed by atoms with Crippen molar-refractivity contribution in [3.63, 3.8) is 0 Å². The fraction of sp³-hybridized carbons (Fsp3) is 0.769. The maximum atomic E-state index is 9.93. The highest BCUT2D eigenvalue weighted by Crippen LogP contribution is 2.26. The lowest BCUT2D eigenvalue weighted by molar-refractivity contribution is 0.131. The molecule has 0 aliphatic heterocycles. The van der Waals surface area contributed by atoms with Gasteiger partial charge in [-0.2, -0.15) is 0 Å². The van der Waals surface area contributed by atoms with Crippen LogP contribution in [0, 0.1) is 11.3 Å². The highest BCUT2D eigenvalue weighted by Gasteiger charge is 2.18. The fourth-order valence-corrected chi connectivity index (χ4v) is 2.31. The number of nitrogens with zero attached hydrogens (tertiary/aromatic N) is 1. The van der Waals surface area contributed by atoms with E-state index in [0.717, 1.165) is 18.7 Å². The minimum atomic E-state index is -0.288. The Balaban J connectivity index is 2.31. The molecule has 2 N–H and O–H groups in total. The lowest BCUT2D eigenvalue weighted by Crippen LogP contribution is -2.19. The van der Waals surface area contributed by atoms with Crippen molar-refractivity contribution in [2.75, 3.05) is 0 Å². The van der Waals surface area contributed by atoms with Crippen LogP contribution in [0.4, 0.5) is 0 Å². The van der Waals surface area contributed by atoms with Crippen molar-refractivity contribution in [1.29, 1.82) is 0 Å². The standard InChI is InChI=1S/C13H24N2O/c1-10(9-13(2,3)4)7-11(16)8-12-14-5-6-15-12/h5-6,10-11,16H,7-9H2,1-4H3,(H,14,15). The van der Waals surface area contributed by atoms with Gasteiger partial charge in [-0.25, -0.2) is 4.98 Å². The van der Waals surface area contributed by atoms with E-state index in [1.165, 1.54) is 0 Å². The molecule has 0 bridgehead atoms. The van der Waals surface area contributed by atoms with Gasteiger partial charge in [-0.3, -0.25) is 0 Å². The highest BCUT2D eigenvalue weighted by atomic mass is 16.3. The smallest absolute Gasteiger partial charge is 0.108 e. The molecule has 0 amide bonds. The molecule has 0 saturated heterocycles. The second-order valence-electron chi connectivity index (χ2n) is 6.00. The number of rotatable bonds is 5. The molecule has 0 aliphatic carbocycles. The van der Waals surface area contributed by atoms with Gasteiger partial charge in [0.15, 0.2) is 0 Å². The Labute approximate surface area is 98.3 Å². The Kier molecular flexibility index (Phi) is 4.54. The van der Waals surface area contributed by atoms with E-state index in [1.807, 2.05) is 0 Å². The topological polar surface area (TPSA) is 48.9 Å². The van der Waals surface area contributed by atoms with Crippen molar-refractivity contribution in [1.82, 2.24) is 9.97 Å². The molecule has 1 heterocycles. The SMILES string of the molecule is CC(CC(O)Cc1ncc[nH]1)CC(C)(C)C. The first-order valence-electron chi connectivity index (χ1n) is 6.03. The maximum Gasteiger partial charge on any atom is 0.108 e. The Morgan fingerprint density at radius 3 is 2.62 bits per heavy atom. The molecule has 2 unspecified atom stereocenters. The minimum Gasteiger partial charge on any atom is -0.393 e. The third-order valence-electron chi connectivity index (χ3n) is 2.62. The van der Waals surface area contributed by atoms with Crippen LogP contribution in [-0.4, -0.2) is 21.2 Å². The molecular weight excluding hydrogens is 200 g/mol. The van der Waals surface area contributed by atoms with Gasteiger partial charge < -0.3 is 10.1 Å². The van der Waals surface area contributed by atoms with E-state index in [9.17, 15) is 5.11 Å². The molecule has 1 aromatic rings. The summed E-state index contributed by atoms with van der Waals surface area (Å²) in [5.74, 6) is 1.42.